The number of aryl methyl sites for hydroxylation is 3. The molecule has 27 heavy (non-hydrogen) atoms. The number of hydrogen-bond acceptors (Lipinski definition) is 8. The molecule has 1 aliphatic heterocycles. The van der Waals surface area contributed by atoms with Crippen molar-refractivity contribution in [3.63, 3.8) is 0 Å². The maximum Gasteiger partial charge on any atom is 0.354 e. The van der Waals surface area contributed by atoms with E-state index in [0.717, 1.165) is 34.7 Å². The number of anilines is 4. The molecular formula is C18H18N6O2S. The highest BCUT2D eigenvalue weighted by atomic mass is 32.1. The maximum atomic E-state index is 11.9. The zero-order valence-electron chi connectivity index (χ0n) is 15.0. The molecule has 0 bridgehead atoms. The summed E-state index contributed by atoms with van der Waals surface area (Å²) in [6, 6.07) is 7.94. The fourth-order valence-corrected chi connectivity index (χ4v) is 4.02. The second-order valence-electron chi connectivity index (χ2n) is 6.32. The van der Waals surface area contributed by atoms with Gasteiger partial charge in [-0.05, 0) is 38.3 Å². The molecule has 9 heteroatoms. The minimum atomic E-state index is -0.428. The van der Waals surface area contributed by atoms with Crippen LogP contribution in [0.15, 0.2) is 30.6 Å². The molecule has 0 radical (unpaired) electrons. The monoisotopic (exact) mass is 382 g/mol. The van der Waals surface area contributed by atoms with Gasteiger partial charge in [0.15, 0.2) is 5.13 Å². The van der Waals surface area contributed by atoms with Crippen LogP contribution in [-0.2, 0) is 6.42 Å². The maximum absolute atomic E-state index is 11.9. The highest BCUT2D eigenvalue weighted by Gasteiger charge is 2.30. The molecule has 0 amide bonds. The Kier molecular flexibility index (Phi) is 4.44. The van der Waals surface area contributed by atoms with Crippen LogP contribution >= 0.6 is 11.3 Å². The van der Waals surface area contributed by atoms with Gasteiger partial charge in [0.1, 0.15) is 6.33 Å². The van der Waals surface area contributed by atoms with Gasteiger partial charge in [-0.15, -0.1) is 11.3 Å². The molecule has 0 saturated carbocycles. The van der Waals surface area contributed by atoms with E-state index in [4.69, 9.17) is 0 Å². The van der Waals surface area contributed by atoms with Crippen LogP contribution in [0.2, 0.25) is 0 Å². The SMILES string of the molecule is Cc1nc(Nc2ncnc(N3CCCc4ccccc43)c2[N+](=O)[O-])sc1C. The molecule has 0 fully saturated rings. The number of nitrogens with zero attached hydrogens (tertiary/aromatic N) is 5. The fraction of sp³-hybridized carbons (Fsp3) is 0.278. The van der Waals surface area contributed by atoms with Gasteiger partial charge in [-0.1, -0.05) is 18.2 Å². The summed E-state index contributed by atoms with van der Waals surface area (Å²) in [5.41, 5.74) is 2.87. The average Bonchev–Trinajstić information content (AvgIpc) is 2.98. The zero-order chi connectivity index (χ0) is 19.0. The van der Waals surface area contributed by atoms with E-state index in [-0.39, 0.29) is 11.5 Å². The largest absolute Gasteiger partial charge is 0.354 e. The van der Waals surface area contributed by atoms with Crippen LogP contribution in [0, 0.1) is 24.0 Å². The van der Waals surface area contributed by atoms with E-state index in [0.29, 0.717) is 17.5 Å². The summed E-state index contributed by atoms with van der Waals surface area (Å²) in [6.07, 6.45) is 3.22. The Morgan fingerprint density at radius 3 is 2.81 bits per heavy atom. The van der Waals surface area contributed by atoms with Crippen molar-refractivity contribution in [2.45, 2.75) is 26.7 Å². The summed E-state index contributed by atoms with van der Waals surface area (Å²) < 4.78 is 0. The summed E-state index contributed by atoms with van der Waals surface area (Å²) in [6.45, 7) is 4.54. The van der Waals surface area contributed by atoms with E-state index in [1.54, 1.807) is 0 Å². The quantitative estimate of drug-likeness (QED) is 0.531. The van der Waals surface area contributed by atoms with Crippen LogP contribution in [-0.4, -0.2) is 26.4 Å². The Hall–Kier alpha value is -3.07. The second-order valence-corrected chi connectivity index (χ2v) is 7.52. The lowest BCUT2D eigenvalue weighted by molar-refractivity contribution is -0.383. The number of aromatic nitrogens is 3. The molecule has 0 spiro atoms. The van der Waals surface area contributed by atoms with Gasteiger partial charge in [0.05, 0.1) is 10.6 Å². The molecule has 0 saturated heterocycles. The molecular weight excluding hydrogens is 364 g/mol. The van der Waals surface area contributed by atoms with E-state index in [2.05, 4.69) is 26.3 Å². The van der Waals surface area contributed by atoms with Crippen molar-refractivity contribution < 1.29 is 4.92 Å². The van der Waals surface area contributed by atoms with Gasteiger partial charge in [0, 0.05) is 17.1 Å². The molecule has 1 N–H and O–H groups in total. The van der Waals surface area contributed by atoms with Crippen LogP contribution in [0.4, 0.5) is 28.1 Å². The van der Waals surface area contributed by atoms with Gasteiger partial charge < -0.3 is 10.2 Å². The Morgan fingerprint density at radius 2 is 2.07 bits per heavy atom. The van der Waals surface area contributed by atoms with Crippen molar-refractivity contribution in [3.05, 3.63) is 56.8 Å². The zero-order valence-corrected chi connectivity index (χ0v) is 15.8. The molecule has 1 aromatic carbocycles. The summed E-state index contributed by atoms with van der Waals surface area (Å²) >= 11 is 1.44. The first-order valence-corrected chi connectivity index (χ1v) is 9.42. The van der Waals surface area contributed by atoms with Crippen LogP contribution in [0.1, 0.15) is 22.6 Å². The molecule has 3 heterocycles. The number of hydrogen-bond donors (Lipinski definition) is 1. The van der Waals surface area contributed by atoms with Gasteiger partial charge in [-0.3, -0.25) is 10.1 Å². The van der Waals surface area contributed by atoms with Crippen LogP contribution in [0.5, 0.6) is 0 Å². The predicted molar refractivity (Wildman–Crippen MR) is 105 cm³/mol. The summed E-state index contributed by atoms with van der Waals surface area (Å²) in [4.78, 5) is 27.2. The summed E-state index contributed by atoms with van der Waals surface area (Å²) in [5, 5.41) is 15.5. The number of rotatable bonds is 4. The lowest BCUT2D eigenvalue weighted by atomic mass is 10.0. The Bertz CT molecular complexity index is 999. The van der Waals surface area contributed by atoms with Crippen molar-refractivity contribution in [2.24, 2.45) is 0 Å². The Balaban J connectivity index is 1.79. The first kappa shape index (κ1) is 17.3. The second kappa shape index (κ2) is 6.92. The van der Waals surface area contributed by atoms with E-state index in [1.807, 2.05) is 36.9 Å². The molecule has 0 atom stereocenters. The van der Waals surface area contributed by atoms with E-state index < -0.39 is 4.92 Å². The minimum Gasteiger partial charge on any atom is -0.320 e. The van der Waals surface area contributed by atoms with E-state index in [9.17, 15) is 10.1 Å². The number of para-hydroxylation sites is 1. The lowest BCUT2D eigenvalue weighted by Gasteiger charge is -2.30. The number of nitrogens with one attached hydrogen (secondary N) is 1. The molecule has 138 valence electrons. The van der Waals surface area contributed by atoms with Gasteiger partial charge >= 0.3 is 5.69 Å². The smallest absolute Gasteiger partial charge is 0.320 e. The molecule has 8 nitrogen and oxygen atoms in total. The highest BCUT2D eigenvalue weighted by Crippen LogP contribution is 2.40. The number of thiazole rings is 1. The number of nitro groups is 1. The van der Waals surface area contributed by atoms with Crippen molar-refractivity contribution in [1.29, 1.82) is 0 Å². The first-order valence-electron chi connectivity index (χ1n) is 8.60. The highest BCUT2D eigenvalue weighted by molar-refractivity contribution is 7.15. The van der Waals surface area contributed by atoms with Crippen LogP contribution in [0.3, 0.4) is 0 Å². The normalized spacial score (nSPS) is 13.3. The third-order valence-corrected chi connectivity index (χ3v) is 5.59. The molecule has 3 aromatic rings. The Labute approximate surface area is 160 Å². The number of benzene rings is 1. The Morgan fingerprint density at radius 1 is 1.26 bits per heavy atom. The molecule has 0 unspecified atom stereocenters. The lowest BCUT2D eigenvalue weighted by Crippen LogP contribution is -2.26. The standard InChI is InChI=1S/C18H18N6O2S/c1-11-12(2)27-18(21-11)22-16-15(24(25)26)17(20-10-19-16)23-9-5-7-13-6-3-4-8-14(13)23/h3-4,6,8,10H,5,7,9H2,1-2H3,(H,19,20,21,22). The van der Waals surface area contributed by atoms with Gasteiger partial charge in [-0.25, -0.2) is 15.0 Å². The molecule has 0 aliphatic carbocycles. The molecule has 4 rings (SSSR count). The minimum absolute atomic E-state index is 0.139. The average molecular weight is 382 g/mol. The fourth-order valence-electron chi connectivity index (χ4n) is 3.21. The summed E-state index contributed by atoms with van der Waals surface area (Å²) in [5.74, 6) is 0.455. The summed E-state index contributed by atoms with van der Waals surface area (Å²) in [7, 11) is 0. The van der Waals surface area contributed by atoms with E-state index in [1.165, 1.54) is 17.7 Å². The van der Waals surface area contributed by atoms with Crippen molar-refractivity contribution in [1.82, 2.24) is 15.0 Å². The first-order chi connectivity index (χ1) is 13.0. The van der Waals surface area contributed by atoms with Crippen LogP contribution in [0.25, 0.3) is 0 Å². The van der Waals surface area contributed by atoms with Gasteiger partial charge in [-0.2, -0.15) is 0 Å². The van der Waals surface area contributed by atoms with Gasteiger partial charge in [0.2, 0.25) is 11.6 Å². The van der Waals surface area contributed by atoms with Gasteiger partial charge in [0.25, 0.3) is 0 Å². The van der Waals surface area contributed by atoms with Crippen LogP contribution < -0.4 is 10.2 Å². The van der Waals surface area contributed by atoms with Crippen molar-refractivity contribution in [2.75, 3.05) is 16.8 Å². The topological polar surface area (TPSA) is 97.1 Å². The third kappa shape index (κ3) is 3.21. The van der Waals surface area contributed by atoms with Crippen molar-refractivity contribution in [3.8, 4) is 0 Å². The predicted octanol–water partition coefficient (Wildman–Crippen LogP) is 4.29. The van der Waals surface area contributed by atoms with Crippen molar-refractivity contribution >= 4 is 39.5 Å². The molecule has 1 aliphatic rings. The third-order valence-electron chi connectivity index (χ3n) is 4.61. The number of fused-ring (bicyclic) bond motifs is 1. The van der Waals surface area contributed by atoms with E-state index >= 15 is 0 Å². The molecule has 2 aromatic heterocycles.